The Labute approximate surface area is 78.6 Å². The van der Waals surface area contributed by atoms with Crippen molar-refractivity contribution in [3.05, 3.63) is 0 Å². The SMILES string of the molecule is O=CO[C@H]1C[C@H]2C[C@H]1[C@H]1CCC[C@H]21. The molecule has 72 valence electrons. The average Bonchev–Trinajstić information content (AvgIpc) is 2.72. The minimum atomic E-state index is 0.279. The van der Waals surface area contributed by atoms with Crippen LogP contribution in [0, 0.1) is 23.7 Å². The quantitative estimate of drug-likeness (QED) is 0.607. The molecule has 0 aliphatic heterocycles. The third-order valence-corrected chi connectivity index (χ3v) is 4.60. The molecule has 2 bridgehead atoms. The Bertz CT molecular complexity index is 226. The Morgan fingerprint density at radius 1 is 1.08 bits per heavy atom. The molecular weight excluding hydrogens is 164 g/mol. The first-order chi connectivity index (χ1) is 6.40. The van der Waals surface area contributed by atoms with E-state index in [-0.39, 0.29) is 6.10 Å². The Balaban J connectivity index is 1.77. The maximum absolute atomic E-state index is 10.3. The lowest BCUT2D eigenvalue weighted by Crippen LogP contribution is -2.29. The summed E-state index contributed by atoms with van der Waals surface area (Å²) in [6.07, 6.45) is 7.03. The van der Waals surface area contributed by atoms with Crippen LogP contribution in [0.25, 0.3) is 0 Å². The molecule has 3 rings (SSSR count). The largest absolute Gasteiger partial charge is 0.464 e. The van der Waals surface area contributed by atoms with Gasteiger partial charge in [0.2, 0.25) is 0 Å². The van der Waals surface area contributed by atoms with Crippen molar-refractivity contribution in [2.24, 2.45) is 23.7 Å². The van der Waals surface area contributed by atoms with Crippen LogP contribution in [0.3, 0.4) is 0 Å². The fraction of sp³-hybridized carbons (Fsp3) is 0.909. The van der Waals surface area contributed by atoms with Crippen LogP contribution >= 0.6 is 0 Å². The van der Waals surface area contributed by atoms with Gasteiger partial charge in [0.25, 0.3) is 6.47 Å². The zero-order chi connectivity index (χ0) is 8.84. The first-order valence-corrected chi connectivity index (χ1v) is 5.49. The predicted molar refractivity (Wildman–Crippen MR) is 48.0 cm³/mol. The van der Waals surface area contributed by atoms with Crippen LogP contribution in [0.5, 0.6) is 0 Å². The van der Waals surface area contributed by atoms with Crippen LogP contribution in [0.15, 0.2) is 0 Å². The molecule has 0 aromatic carbocycles. The molecule has 3 fully saturated rings. The summed E-state index contributed by atoms with van der Waals surface area (Å²) in [4.78, 5) is 10.3. The highest BCUT2D eigenvalue weighted by molar-refractivity contribution is 5.38. The molecule has 0 spiro atoms. The molecule has 13 heavy (non-hydrogen) atoms. The smallest absolute Gasteiger partial charge is 0.293 e. The van der Waals surface area contributed by atoms with Gasteiger partial charge in [0, 0.05) is 0 Å². The molecule has 3 aliphatic rings. The van der Waals surface area contributed by atoms with E-state index in [9.17, 15) is 4.79 Å². The van der Waals surface area contributed by atoms with Gasteiger partial charge >= 0.3 is 0 Å². The summed E-state index contributed by atoms with van der Waals surface area (Å²) >= 11 is 0. The molecular formula is C11H16O2. The highest BCUT2D eigenvalue weighted by atomic mass is 16.5. The summed E-state index contributed by atoms with van der Waals surface area (Å²) in [7, 11) is 0. The molecule has 0 aromatic rings. The second-order valence-corrected chi connectivity index (χ2v) is 4.92. The van der Waals surface area contributed by atoms with Gasteiger partial charge in [-0.25, -0.2) is 0 Å². The molecule has 0 aromatic heterocycles. The maximum atomic E-state index is 10.3. The average molecular weight is 180 g/mol. The zero-order valence-corrected chi connectivity index (χ0v) is 7.82. The van der Waals surface area contributed by atoms with E-state index in [4.69, 9.17) is 4.74 Å². The summed E-state index contributed by atoms with van der Waals surface area (Å²) in [5.74, 6) is 3.52. The van der Waals surface area contributed by atoms with Crippen LogP contribution < -0.4 is 0 Å². The van der Waals surface area contributed by atoms with E-state index in [1.165, 1.54) is 25.7 Å². The Morgan fingerprint density at radius 2 is 1.92 bits per heavy atom. The number of ether oxygens (including phenoxy) is 1. The van der Waals surface area contributed by atoms with Crippen molar-refractivity contribution in [1.82, 2.24) is 0 Å². The third-order valence-electron chi connectivity index (χ3n) is 4.60. The van der Waals surface area contributed by atoms with E-state index in [0.29, 0.717) is 6.47 Å². The van der Waals surface area contributed by atoms with Gasteiger partial charge in [0.05, 0.1) is 0 Å². The summed E-state index contributed by atoms with van der Waals surface area (Å²) in [6, 6.07) is 0. The lowest BCUT2D eigenvalue weighted by molar-refractivity contribution is -0.137. The van der Waals surface area contributed by atoms with Crippen molar-refractivity contribution >= 4 is 6.47 Å². The highest BCUT2D eigenvalue weighted by Crippen LogP contribution is 2.59. The monoisotopic (exact) mass is 180 g/mol. The Morgan fingerprint density at radius 3 is 2.77 bits per heavy atom. The molecule has 0 amide bonds. The summed E-state index contributed by atoms with van der Waals surface area (Å²) < 4.78 is 5.16. The Hall–Kier alpha value is -0.530. The molecule has 0 N–H and O–H groups in total. The first-order valence-electron chi connectivity index (χ1n) is 5.49. The number of carbonyl (C=O) groups is 1. The standard InChI is InChI=1S/C11H16O2/c12-6-13-11-5-7-4-10(11)9-3-1-2-8(7)9/h6-11H,1-5H2/t7-,8-,9+,10+,11+/m1/s1. The molecule has 0 heterocycles. The molecule has 0 radical (unpaired) electrons. The van der Waals surface area contributed by atoms with Gasteiger partial charge < -0.3 is 4.74 Å². The van der Waals surface area contributed by atoms with Crippen LogP contribution in [-0.2, 0) is 9.53 Å². The third kappa shape index (κ3) is 0.976. The zero-order valence-electron chi connectivity index (χ0n) is 7.82. The Kier molecular flexibility index (Phi) is 1.64. The molecule has 2 heteroatoms. The van der Waals surface area contributed by atoms with Crippen molar-refractivity contribution in [2.75, 3.05) is 0 Å². The van der Waals surface area contributed by atoms with E-state index in [0.717, 1.165) is 30.1 Å². The molecule has 5 atom stereocenters. The maximum Gasteiger partial charge on any atom is 0.293 e. The number of carbonyl (C=O) groups excluding carboxylic acids is 1. The van der Waals surface area contributed by atoms with Gasteiger partial charge in [0.1, 0.15) is 6.10 Å². The van der Waals surface area contributed by atoms with Gasteiger partial charge in [-0.05, 0) is 49.4 Å². The van der Waals surface area contributed by atoms with Crippen LogP contribution in [0.2, 0.25) is 0 Å². The van der Waals surface area contributed by atoms with Crippen molar-refractivity contribution in [3.8, 4) is 0 Å². The minimum absolute atomic E-state index is 0.279. The fourth-order valence-electron chi connectivity index (χ4n) is 4.23. The first kappa shape index (κ1) is 7.84. The number of fused-ring (bicyclic) bond motifs is 5. The normalized spacial score (nSPS) is 52.2. The van der Waals surface area contributed by atoms with Crippen LogP contribution in [-0.4, -0.2) is 12.6 Å². The van der Waals surface area contributed by atoms with Gasteiger partial charge in [0.15, 0.2) is 0 Å². The second kappa shape index (κ2) is 2.73. The predicted octanol–water partition coefficient (Wildman–Crippen LogP) is 1.98. The minimum Gasteiger partial charge on any atom is -0.464 e. The number of hydrogen-bond donors (Lipinski definition) is 0. The van der Waals surface area contributed by atoms with Gasteiger partial charge in [-0.2, -0.15) is 0 Å². The van der Waals surface area contributed by atoms with Gasteiger partial charge in [-0.1, -0.05) is 6.42 Å². The number of hydrogen-bond acceptors (Lipinski definition) is 2. The summed E-state index contributed by atoms with van der Waals surface area (Å²) in [5, 5.41) is 0. The summed E-state index contributed by atoms with van der Waals surface area (Å²) in [5.41, 5.74) is 0. The van der Waals surface area contributed by atoms with Crippen molar-refractivity contribution in [1.29, 1.82) is 0 Å². The van der Waals surface area contributed by atoms with E-state index in [1.807, 2.05) is 0 Å². The fourth-order valence-corrected chi connectivity index (χ4v) is 4.23. The lowest BCUT2D eigenvalue weighted by Gasteiger charge is -2.30. The van der Waals surface area contributed by atoms with E-state index >= 15 is 0 Å². The molecule has 2 nitrogen and oxygen atoms in total. The van der Waals surface area contributed by atoms with Gasteiger partial charge in [-0.15, -0.1) is 0 Å². The molecule has 3 saturated carbocycles. The molecule has 0 saturated heterocycles. The lowest BCUT2D eigenvalue weighted by atomic mass is 9.80. The van der Waals surface area contributed by atoms with E-state index in [1.54, 1.807) is 0 Å². The topological polar surface area (TPSA) is 26.3 Å². The summed E-state index contributed by atoms with van der Waals surface area (Å²) in [6.45, 7) is 0.648. The number of rotatable bonds is 2. The molecule has 0 unspecified atom stereocenters. The van der Waals surface area contributed by atoms with E-state index < -0.39 is 0 Å². The second-order valence-electron chi connectivity index (χ2n) is 4.92. The van der Waals surface area contributed by atoms with Crippen molar-refractivity contribution < 1.29 is 9.53 Å². The van der Waals surface area contributed by atoms with Crippen LogP contribution in [0.1, 0.15) is 32.1 Å². The van der Waals surface area contributed by atoms with Crippen molar-refractivity contribution in [2.45, 2.75) is 38.2 Å². The molecule has 3 aliphatic carbocycles. The van der Waals surface area contributed by atoms with E-state index in [2.05, 4.69) is 0 Å². The van der Waals surface area contributed by atoms with Gasteiger partial charge in [-0.3, -0.25) is 4.79 Å². The highest BCUT2D eigenvalue weighted by Gasteiger charge is 2.54. The van der Waals surface area contributed by atoms with Crippen molar-refractivity contribution in [3.63, 3.8) is 0 Å². The van der Waals surface area contributed by atoms with Crippen LogP contribution in [0.4, 0.5) is 0 Å².